The van der Waals surface area contributed by atoms with Gasteiger partial charge in [-0.15, -0.1) is 0 Å². The van der Waals surface area contributed by atoms with Crippen molar-refractivity contribution < 1.29 is 23.8 Å². The summed E-state index contributed by atoms with van der Waals surface area (Å²) in [6.07, 6.45) is 5.42. The Hall–Kier alpha value is -2.44. The van der Waals surface area contributed by atoms with Gasteiger partial charge < -0.3 is 14.2 Å². The van der Waals surface area contributed by atoms with Gasteiger partial charge in [0.05, 0.1) is 19.8 Å². The van der Waals surface area contributed by atoms with Crippen LogP contribution in [0.15, 0.2) is 12.1 Å². The third-order valence-electron chi connectivity index (χ3n) is 5.82. The van der Waals surface area contributed by atoms with Gasteiger partial charge in [0.1, 0.15) is 0 Å². The predicted octanol–water partition coefficient (Wildman–Crippen LogP) is 3.47. The van der Waals surface area contributed by atoms with Gasteiger partial charge in [-0.2, -0.15) is 0 Å². The van der Waals surface area contributed by atoms with Crippen molar-refractivity contribution in [3.05, 3.63) is 17.7 Å². The molecule has 2 amide bonds. The number of ether oxygens (including phenoxy) is 3. The van der Waals surface area contributed by atoms with Crippen molar-refractivity contribution in [3.8, 4) is 17.2 Å². The molecule has 3 rings (SSSR count). The Bertz CT molecular complexity index is 709. The number of nitrogens with one attached hydrogen (secondary N) is 2. The minimum Gasteiger partial charge on any atom is -0.490 e. The SMILES string of the molecule is CCOc1cc(C(=O)NNC(=O)C[C@@H]2C[C@H]3CC[C@@H]2C3)cc(OCC)c1OCC. The Morgan fingerprint density at radius 1 is 0.931 bits per heavy atom. The molecule has 3 atom stereocenters. The van der Waals surface area contributed by atoms with Gasteiger partial charge in [0.15, 0.2) is 11.5 Å². The van der Waals surface area contributed by atoms with Crippen LogP contribution < -0.4 is 25.1 Å². The normalized spacial score (nSPS) is 22.2. The van der Waals surface area contributed by atoms with E-state index in [2.05, 4.69) is 10.9 Å². The maximum atomic E-state index is 12.6. The molecule has 7 heteroatoms. The van der Waals surface area contributed by atoms with Gasteiger partial charge in [-0.1, -0.05) is 6.42 Å². The van der Waals surface area contributed by atoms with Crippen LogP contribution in [-0.2, 0) is 4.79 Å². The summed E-state index contributed by atoms with van der Waals surface area (Å²) in [4.78, 5) is 24.9. The van der Waals surface area contributed by atoms with E-state index in [9.17, 15) is 9.59 Å². The molecule has 0 unspecified atom stereocenters. The van der Waals surface area contributed by atoms with Gasteiger partial charge >= 0.3 is 0 Å². The molecule has 0 saturated heterocycles. The molecule has 2 N–H and O–H groups in total. The number of fused-ring (bicyclic) bond motifs is 2. The molecule has 2 aliphatic rings. The fourth-order valence-electron chi connectivity index (χ4n) is 4.63. The average molecular weight is 405 g/mol. The number of carbonyl (C=O) groups is 2. The molecule has 2 saturated carbocycles. The molecule has 1 aromatic rings. The van der Waals surface area contributed by atoms with Crippen LogP contribution in [0, 0.1) is 17.8 Å². The number of benzene rings is 1. The highest BCUT2D eigenvalue weighted by molar-refractivity contribution is 5.96. The zero-order chi connectivity index (χ0) is 20.8. The smallest absolute Gasteiger partial charge is 0.269 e. The lowest BCUT2D eigenvalue weighted by molar-refractivity contribution is -0.123. The third-order valence-corrected chi connectivity index (χ3v) is 5.82. The lowest BCUT2D eigenvalue weighted by Crippen LogP contribution is -2.42. The summed E-state index contributed by atoms with van der Waals surface area (Å²) in [6.45, 7) is 6.90. The first-order valence-corrected chi connectivity index (χ1v) is 10.7. The molecular formula is C22H32N2O5. The van der Waals surface area contributed by atoms with Crippen LogP contribution >= 0.6 is 0 Å². The molecule has 0 radical (unpaired) electrons. The molecule has 160 valence electrons. The molecule has 0 spiro atoms. The Morgan fingerprint density at radius 3 is 2.10 bits per heavy atom. The third kappa shape index (κ3) is 5.14. The second-order valence-electron chi connectivity index (χ2n) is 7.74. The zero-order valence-corrected chi connectivity index (χ0v) is 17.6. The van der Waals surface area contributed by atoms with Crippen LogP contribution in [0.2, 0.25) is 0 Å². The minimum atomic E-state index is -0.420. The summed E-state index contributed by atoms with van der Waals surface area (Å²) in [7, 11) is 0. The van der Waals surface area contributed by atoms with Crippen molar-refractivity contribution >= 4 is 11.8 Å². The molecule has 0 aliphatic heterocycles. The van der Waals surface area contributed by atoms with Crippen LogP contribution in [0.1, 0.15) is 63.2 Å². The molecule has 0 heterocycles. The van der Waals surface area contributed by atoms with Gasteiger partial charge in [-0.05, 0) is 69.9 Å². The van der Waals surface area contributed by atoms with E-state index in [0.29, 0.717) is 60.9 Å². The van der Waals surface area contributed by atoms with Crippen molar-refractivity contribution in [1.29, 1.82) is 0 Å². The van der Waals surface area contributed by atoms with E-state index < -0.39 is 5.91 Å². The lowest BCUT2D eigenvalue weighted by atomic mass is 9.86. The predicted molar refractivity (Wildman–Crippen MR) is 109 cm³/mol. The number of carbonyl (C=O) groups excluding carboxylic acids is 2. The summed E-state index contributed by atoms with van der Waals surface area (Å²) in [5, 5.41) is 0. The van der Waals surface area contributed by atoms with Crippen LogP contribution in [0.3, 0.4) is 0 Å². The first kappa shape index (κ1) is 21.3. The summed E-state index contributed by atoms with van der Waals surface area (Å²) < 4.78 is 16.9. The Labute approximate surface area is 172 Å². The van der Waals surface area contributed by atoms with Crippen molar-refractivity contribution in [3.63, 3.8) is 0 Å². The highest BCUT2D eigenvalue weighted by Gasteiger charge is 2.40. The molecular weight excluding hydrogens is 372 g/mol. The number of rotatable bonds is 9. The van der Waals surface area contributed by atoms with Crippen molar-refractivity contribution in [2.24, 2.45) is 17.8 Å². The Morgan fingerprint density at radius 2 is 1.59 bits per heavy atom. The van der Waals surface area contributed by atoms with Gasteiger partial charge in [-0.25, -0.2) is 0 Å². The molecule has 2 aliphatic carbocycles. The minimum absolute atomic E-state index is 0.142. The van der Waals surface area contributed by atoms with Crippen molar-refractivity contribution in [2.45, 2.75) is 52.9 Å². The van der Waals surface area contributed by atoms with Gasteiger partial charge in [-0.3, -0.25) is 20.4 Å². The Kier molecular flexibility index (Phi) is 7.23. The summed E-state index contributed by atoms with van der Waals surface area (Å²) in [5.74, 6) is 2.73. The second kappa shape index (κ2) is 9.85. The van der Waals surface area contributed by atoms with Gasteiger partial charge in [0.25, 0.3) is 5.91 Å². The topological polar surface area (TPSA) is 85.9 Å². The molecule has 7 nitrogen and oxygen atoms in total. The molecule has 0 aromatic heterocycles. The highest BCUT2D eigenvalue weighted by atomic mass is 16.5. The first-order chi connectivity index (χ1) is 14.0. The molecule has 2 bridgehead atoms. The number of hydrogen-bond acceptors (Lipinski definition) is 5. The quantitative estimate of drug-likeness (QED) is 0.616. The standard InChI is InChI=1S/C22H32N2O5/c1-4-27-18-11-17(12-19(28-5-2)21(18)29-6-3)22(26)24-23-20(25)13-16-10-14-7-8-15(16)9-14/h11-12,14-16H,4-10,13H2,1-3H3,(H,23,25)(H,24,26)/t14-,15+,16-/m0/s1. The van der Waals surface area contributed by atoms with E-state index in [0.717, 1.165) is 12.3 Å². The van der Waals surface area contributed by atoms with Crippen LogP contribution in [0.25, 0.3) is 0 Å². The maximum absolute atomic E-state index is 12.6. The van der Waals surface area contributed by atoms with Crippen LogP contribution in [0.5, 0.6) is 17.2 Å². The van der Waals surface area contributed by atoms with E-state index in [-0.39, 0.29) is 5.91 Å². The summed E-state index contributed by atoms with van der Waals surface area (Å²) >= 11 is 0. The Balaban J connectivity index is 1.63. The van der Waals surface area contributed by atoms with Crippen molar-refractivity contribution in [1.82, 2.24) is 10.9 Å². The number of amides is 2. The first-order valence-electron chi connectivity index (χ1n) is 10.7. The lowest BCUT2D eigenvalue weighted by Gasteiger charge is -2.21. The monoisotopic (exact) mass is 404 g/mol. The zero-order valence-electron chi connectivity index (χ0n) is 17.6. The van der Waals surface area contributed by atoms with E-state index >= 15 is 0 Å². The molecule has 29 heavy (non-hydrogen) atoms. The molecule has 1 aromatic carbocycles. The van der Waals surface area contributed by atoms with Crippen LogP contribution in [0.4, 0.5) is 0 Å². The van der Waals surface area contributed by atoms with Gasteiger partial charge in [0, 0.05) is 12.0 Å². The van der Waals surface area contributed by atoms with Crippen molar-refractivity contribution in [2.75, 3.05) is 19.8 Å². The molecule has 2 fully saturated rings. The van der Waals surface area contributed by atoms with E-state index in [1.54, 1.807) is 12.1 Å². The average Bonchev–Trinajstić information content (AvgIpc) is 3.32. The van der Waals surface area contributed by atoms with E-state index in [1.807, 2.05) is 20.8 Å². The highest BCUT2D eigenvalue weighted by Crippen LogP contribution is 2.49. The van der Waals surface area contributed by atoms with E-state index in [4.69, 9.17) is 14.2 Å². The fourth-order valence-corrected chi connectivity index (χ4v) is 4.63. The largest absolute Gasteiger partial charge is 0.490 e. The van der Waals surface area contributed by atoms with Gasteiger partial charge in [0.2, 0.25) is 11.7 Å². The summed E-state index contributed by atoms with van der Waals surface area (Å²) in [6, 6.07) is 3.21. The maximum Gasteiger partial charge on any atom is 0.269 e. The van der Waals surface area contributed by atoms with E-state index in [1.165, 1.54) is 19.3 Å². The fraction of sp³-hybridized carbons (Fsp3) is 0.636. The second-order valence-corrected chi connectivity index (χ2v) is 7.74. The summed E-state index contributed by atoms with van der Waals surface area (Å²) in [5.41, 5.74) is 5.41. The van der Waals surface area contributed by atoms with Crippen LogP contribution in [-0.4, -0.2) is 31.6 Å². The number of hydrazine groups is 1. The number of hydrogen-bond donors (Lipinski definition) is 2.